The second kappa shape index (κ2) is 3.25. The summed E-state index contributed by atoms with van der Waals surface area (Å²) in [5, 5.41) is 1.31. The van der Waals surface area contributed by atoms with Gasteiger partial charge in [-0.2, -0.15) is 0 Å². The minimum absolute atomic E-state index is 0.0848. The van der Waals surface area contributed by atoms with Gasteiger partial charge in [0.2, 0.25) is 5.28 Å². The van der Waals surface area contributed by atoms with E-state index >= 15 is 0 Å². The third-order valence-electron chi connectivity index (χ3n) is 1.49. The summed E-state index contributed by atoms with van der Waals surface area (Å²) in [4.78, 5) is 11.5. The van der Waals surface area contributed by atoms with Crippen molar-refractivity contribution in [2.24, 2.45) is 0 Å². The average Bonchev–Trinajstić information content (AvgIpc) is 2.02. The number of hydrogen-bond donors (Lipinski definition) is 0. The lowest BCUT2D eigenvalue weighted by molar-refractivity contribution is 1.20. The van der Waals surface area contributed by atoms with Gasteiger partial charge in [-0.15, -0.1) is 0 Å². The summed E-state index contributed by atoms with van der Waals surface area (Å²) in [7, 11) is 0. The van der Waals surface area contributed by atoms with Crippen LogP contribution in [0.1, 0.15) is 0 Å². The largest absolute Gasteiger partial charge is 0.261 e. The molecule has 3 nitrogen and oxygen atoms in total. The molecule has 6 heteroatoms. The van der Waals surface area contributed by atoms with Crippen LogP contribution in [-0.2, 0) is 0 Å². The normalized spacial score (nSPS) is 10.7. The molecule has 66 valence electrons. The first-order valence-electron chi connectivity index (χ1n) is 3.31. The number of fused-ring (bicyclic) bond motifs is 1. The van der Waals surface area contributed by atoms with Crippen LogP contribution in [0.5, 0.6) is 0 Å². The molecule has 0 saturated heterocycles. The zero-order valence-electron chi connectivity index (χ0n) is 6.13. The van der Waals surface area contributed by atoms with E-state index in [1.165, 1.54) is 12.4 Å². The van der Waals surface area contributed by atoms with Gasteiger partial charge in [0.05, 0.1) is 22.1 Å². The lowest BCUT2D eigenvalue weighted by Gasteiger charge is -2.00. The highest BCUT2D eigenvalue weighted by atomic mass is 35.5. The van der Waals surface area contributed by atoms with Gasteiger partial charge in [-0.3, -0.25) is 4.98 Å². The molecular formula is C7H2Cl3N3. The van der Waals surface area contributed by atoms with Crippen LogP contribution in [0.3, 0.4) is 0 Å². The predicted molar refractivity (Wildman–Crippen MR) is 52.4 cm³/mol. The molecule has 0 fully saturated rings. The summed E-state index contributed by atoms with van der Waals surface area (Å²) in [5.41, 5.74) is 0.539. The molecule has 2 aromatic heterocycles. The maximum Gasteiger partial charge on any atom is 0.224 e. The Bertz CT molecular complexity index is 472. The molecule has 0 unspecified atom stereocenters. The van der Waals surface area contributed by atoms with Crippen molar-refractivity contribution in [3.8, 4) is 0 Å². The molecule has 0 aliphatic rings. The van der Waals surface area contributed by atoms with Crippen molar-refractivity contribution in [3.05, 3.63) is 27.9 Å². The van der Waals surface area contributed by atoms with Crippen LogP contribution in [0.25, 0.3) is 10.9 Å². The van der Waals surface area contributed by atoms with Crippen molar-refractivity contribution in [3.63, 3.8) is 0 Å². The zero-order valence-corrected chi connectivity index (χ0v) is 8.40. The van der Waals surface area contributed by atoms with Crippen molar-refractivity contribution in [1.29, 1.82) is 0 Å². The number of pyridine rings is 1. The highest BCUT2D eigenvalue weighted by Crippen LogP contribution is 2.27. The number of aromatic nitrogens is 3. The van der Waals surface area contributed by atoms with E-state index in [0.717, 1.165) is 0 Å². The highest BCUT2D eigenvalue weighted by molar-refractivity contribution is 6.41. The topological polar surface area (TPSA) is 38.7 Å². The Morgan fingerprint density at radius 3 is 2.54 bits per heavy atom. The molecule has 0 spiro atoms. The molecule has 0 atom stereocenters. The van der Waals surface area contributed by atoms with Crippen molar-refractivity contribution < 1.29 is 0 Å². The molecule has 2 heterocycles. The minimum Gasteiger partial charge on any atom is -0.261 e. The third-order valence-corrected chi connectivity index (χ3v) is 2.22. The fourth-order valence-electron chi connectivity index (χ4n) is 0.975. The average molecular weight is 234 g/mol. The smallest absolute Gasteiger partial charge is 0.224 e. The molecule has 0 N–H and O–H groups in total. The molecule has 0 saturated carbocycles. The number of halogens is 3. The zero-order chi connectivity index (χ0) is 9.42. The molecule has 0 aromatic carbocycles. The molecule has 0 bridgehead atoms. The maximum absolute atomic E-state index is 5.84. The van der Waals surface area contributed by atoms with Gasteiger partial charge in [0.25, 0.3) is 0 Å². The van der Waals surface area contributed by atoms with E-state index in [4.69, 9.17) is 34.8 Å². The summed E-state index contributed by atoms with van der Waals surface area (Å²) in [6.07, 6.45) is 3.01. The lowest BCUT2D eigenvalue weighted by Crippen LogP contribution is -1.88. The molecule has 0 radical (unpaired) electrons. The monoisotopic (exact) mass is 233 g/mol. The summed E-state index contributed by atoms with van der Waals surface area (Å²) in [5.74, 6) is 0. The van der Waals surface area contributed by atoms with Gasteiger partial charge < -0.3 is 0 Å². The summed E-state index contributed by atoms with van der Waals surface area (Å²) >= 11 is 17.3. The summed E-state index contributed by atoms with van der Waals surface area (Å²) < 4.78 is 0. The van der Waals surface area contributed by atoms with Gasteiger partial charge in [0.15, 0.2) is 0 Å². The fourth-order valence-corrected chi connectivity index (χ4v) is 1.76. The standard InChI is InChI=1S/C7H2Cl3N3/c8-3-1-11-2-4-5(3)6(9)13-7(10)12-4/h1-2H. The SMILES string of the molecule is Clc1nc(Cl)c2c(Cl)cncc2n1. The van der Waals surface area contributed by atoms with Crippen LogP contribution in [0.4, 0.5) is 0 Å². The number of nitrogens with zero attached hydrogens (tertiary/aromatic N) is 3. The van der Waals surface area contributed by atoms with Crippen LogP contribution in [0.15, 0.2) is 12.4 Å². The Morgan fingerprint density at radius 1 is 1.00 bits per heavy atom. The second-order valence-electron chi connectivity index (χ2n) is 2.30. The van der Waals surface area contributed by atoms with E-state index in [2.05, 4.69) is 15.0 Å². The quantitative estimate of drug-likeness (QED) is 0.519. The molecule has 0 amide bonds. The van der Waals surface area contributed by atoms with E-state index in [-0.39, 0.29) is 10.4 Å². The van der Waals surface area contributed by atoms with E-state index in [1.807, 2.05) is 0 Å². The van der Waals surface area contributed by atoms with Crippen molar-refractivity contribution in [2.45, 2.75) is 0 Å². The Kier molecular flexibility index (Phi) is 2.24. The van der Waals surface area contributed by atoms with E-state index in [9.17, 15) is 0 Å². The van der Waals surface area contributed by atoms with Crippen molar-refractivity contribution in [1.82, 2.24) is 15.0 Å². The molecule has 0 aliphatic heterocycles. The van der Waals surface area contributed by atoms with Gasteiger partial charge >= 0.3 is 0 Å². The molecular weight excluding hydrogens is 232 g/mol. The van der Waals surface area contributed by atoms with E-state index in [1.54, 1.807) is 0 Å². The summed E-state index contributed by atoms with van der Waals surface area (Å²) in [6.45, 7) is 0. The Balaban J connectivity index is 2.94. The first kappa shape index (κ1) is 8.94. The van der Waals surface area contributed by atoms with Gasteiger partial charge in [-0.1, -0.05) is 23.2 Å². The van der Waals surface area contributed by atoms with Crippen molar-refractivity contribution in [2.75, 3.05) is 0 Å². The Labute approximate surface area is 88.7 Å². The number of rotatable bonds is 0. The fraction of sp³-hybridized carbons (Fsp3) is 0. The summed E-state index contributed by atoms with van der Waals surface area (Å²) in [6, 6.07) is 0. The van der Waals surface area contributed by atoms with E-state index < -0.39 is 0 Å². The Morgan fingerprint density at radius 2 is 1.77 bits per heavy atom. The van der Waals surface area contributed by atoms with Crippen LogP contribution in [-0.4, -0.2) is 15.0 Å². The van der Waals surface area contributed by atoms with Gasteiger partial charge in [-0.05, 0) is 11.6 Å². The Hall–Kier alpha value is -0.640. The van der Waals surface area contributed by atoms with Crippen LogP contribution in [0.2, 0.25) is 15.5 Å². The maximum atomic E-state index is 5.84. The van der Waals surface area contributed by atoms with Gasteiger partial charge in [-0.25, -0.2) is 9.97 Å². The first-order chi connectivity index (χ1) is 6.18. The van der Waals surface area contributed by atoms with Crippen LogP contribution >= 0.6 is 34.8 Å². The minimum atomic E-state index is 0.0848. The van der Waals surface area contributed by atoms with Crippen molar-refractivity contribution >= 4 is 45.7 Å². The molecule has 2 aromatic rings. The van der Waals surface area contributed by atoms with Gasteiger partial charge in [0, 0.05) is 6.20 Å². The molecule has 13 heavy (non-hydrogen) atoms. The number of hydrogen-bond acceptors (Lipinski definition) is 3. The molecule has 2 rings (SSSR count). The third kappa shape index (κ3) is 1.55. The second-order valence-corrected chi connectivity index (χ2v) is 3.40. The highest BCUT2D eigenvalue weighted by Gasteiger charge is 2.07. The van der Waals surface area contributed by atoms with Crippen LogP contribution < -0.4 is 0 Å². The predicted octanol–water partition coefficient (Wildman–Crippen LogP) is 2.99. The lowest BCUT2D eigenvalue weighted by atomic mass is 10.3. The van der Waals surface area contributed by atoms with Gasteiger partial charge in [0.1, 0.15) is 5.15 Å². The molecule has 0 aliphatic carbocycles. The first-order valence-corrected chi connectivity index (χ1v) is 4.44. The van der Waals surface area contributed by atoms with Crippen LogP contribution in [0, 0.1) is 0 Å². The van der Waals surface area contributed by atoms with E-state index in [0.29, 0.717) is 15.9 Å².